The van der Waals surface area contributed by atoms with Crippen LogP contribution >= 0.6 is 0 Å². The molecule has 0 spiro atoms. The highest BCUT2D eigenvalue weighted by Gasteiger charge is 2.48. The van der Waals surface area contributed by atoms with Crippen LogP contribution < -0.4 is 0 Å². The second-order valence-electron chi connectivity index (χ2n) is 7.14. The van der Waals surface area contributed by atoms with Gasteiger partial charge in [-0.05, 0) is 32.9 Å². The topological polar surface area (TPSA) is 80.1 Å². The summed E-state index contributed by atoms with van der Waals surface area (Å²) in [6, 6.07) is 3.33. The van der Waals surface area contributed by atoms with Gasteiger partial charge >= 0.3 is 0 Å². The third-order valence-corrected chi connectivity index (χ3v) is 6.51. The highest BCUT2D eigenvalue weighted by molar-refractivity contribution is 7.91. The number of amides is 1. The Morgan fingerprint density at radius 1 is 1.28 bits per heavy atom. The van der Waals surface area contributed by atoms with Gasteiger partial charge in [0, 0.05) is 19.1 Å². The number of ether oxygens (including phenoxy) is 1. The minimum absolute atomic E-state index is 0.00167. The molecule has 3 rings (SSSR count). The van der Waals surface area contributed by atoms with Crippen molar-refractivity contribution in [1.29, 1.82) is 0 Å². The van der Waals surface area contributed by atoms with Crippen molar-refractivity contribution in [2.75, 3.05) is 31.2 Å². The van der Waals surface area contributed by atoms with E-state index in [9.17, 15) is 13.2 Å². The maximum atomic E-state index is 12.5. The first kappa shape index (κ1) is 18.4. The zero-order valence-corrected chi connectivity index (χ0v) is 15.8. The van der Waals surface area contributed by atoms with E-state index >= 15 is 0 Å². The Morgan fingerprint density at radius 3 is 2.64 bits per heavy atom. The largest absolute Gasteiger partial charge is 0.465 e. The quantitative estimate of drug-likeness (QED) is 0.764. The Labute approximate surface area is 148 Å². The van der Waals surface area contributed by atoms with Gasteiger partial charge in [0.2, 0.25) is 5.91 Å². The van der Waals surface area contributed by atoms with Crippen molar-refractivity contribution in [2.24, 2.45) is 0 Å². The number of piperazine rings is 1. The lowest BCUT2D eigenvalue weighted by Crippen LogP contribution is -2.60. The lowest BCUT2D eigenvalue weighted by Gasteiger charge is -2.43. The first-order valence-electron chi connectivity index (χ1n) is 8.66. The highest BCUT2D eigenvalue weighted by atomic mass is 32.2. The third kappa shape index (κ3) is 4.24. The Morgan fingerprint density at radius 2 is 2.00 bits per heavy atom. The molecule has 1 amide bonds. The second kappa shape index (κ2) is 7.09. The molecule has 0 aliphatic carbocycles. The average molecular weight is 370 g/mol. The molecule has 0 aromatic carbocycles. The van der Waals surface area contributed by atoms with Crippen LogP contribution in [0, 0.1) is 6.92 Å². The molecule has 1 aromatic rings. The van der Waals surface area contributed by atoms with E-state index < -0.39 is 9.84 Å². The normalized spacial score (nSPS) is 26.2. The van der Waals surface area contributed by atoms with Gasteiger partial charge in [-0.1, -0.05) is 0 Å². The fraction of sp³-hybridized carbons (Fsp3) is 0.706. The minimum Gasteiger partial charge on any atom is -0.465 e. The summed E-state index contributed by atoms with van der Waals surface area (Å²) in [6.45, 7) is 7.34. The average Bonchev–Trinajstić information content (AvgIpc) is 3.07. The van der Waals surface area contributed by atoms with E-state index in [0.717, 1.165) is 11.5 Å². The van der Waals surface area contributed by atoms with Crippen molar-refractivity contribution in [3.05, 3.63) is 23.7 Å². The Kier molecular flexibility index (Phi) is 5.22. The van der Waals surface area contributed by atoms with E-state index in [1.165, 1.54) is 0 Å². The molecule has 0 N–H and O–H groups in total. The maximum Gasteiger partial charge on any atom is 0.248 e. The van der Waals surface area contributed by atoms with Crippen molar-refractivity contribution >= 4 is 15.7 Å². The van der Waals surface area contributed by atoms with Crippen LogP contribution in [0.5, 0.6) is 0 Å². The van der Waals surface area contributed by atoms with Crippen LogP contribution in [0.2, 0.25) is 0 Å². The van der Waals surface area contributed by atoms with Gasteiger partial charge < -0.3 is 14.1 Å². The van der Waals surface area contributed by atoms with Crippen LogP contribution in [-0.2, 0) is 25.9 Å². The molecular formula is C17H26N2O5S. The lowest BCUT2D eigenvalue weighted by atomic mass is 10.0. The number of aryl methyl sites for hydroxylation is 1. The first-order chi connectivity index (χ1) is 11.7. The Balaban J connectivity index is 1.74. The number of nitrogens with zero attached hydrogens (tertiary/aromatic N) is 2. The van der Waals surface area contributed by atoms with Gasteiger partial charge in [-0.3, -0.25) is 9.69 Å². The van der Waals surface area contributed by atoms with Crippen molar-refractivity contribution < 1.29 is 22.4 Å². The van der Waals surface area contributed by atoms with Gasteiger partial charge in [0.25, 0.3) is 0 Å². The van der Waals surface area contributed by atoms with Crippen LogP contribution in [0.4, 0.5) is 0 Å². The van der Waals surface area contributed by atoms with Gasteiger partial charge in [-0.15, -0.1) is 0 Å². The van der Waals surface area contributed by atoms with E-state index in [0.29, 0.717) is 19.6 Å². The molecule has 3 heterocycles. The SMILES string of the molecule is Cc1ccc(CN2CCN(C(=O)COC(C)C)[C@H]3CS(=O)(=O)C[C@H]32)o1. The standard InChI is InChI=1S/C17H26N2O5S/c1-12(2)23-9-17(20)19-7-6-18(8-14-5-4-13(3)24-14)15-10-25(21,22)11-16(15)19/h4-5,12,15-16H,6-11H2,1-3H3/t15-,16+/m1/s1. The molecular weight excluding hydrogens is 344 g/mol. The Hall–Kier alpha value is -1.38. The summed E-state index contributed by atoms with van der Waals surface area (Å²) >= 11 is 0. The van der Waals surface area contributed by atoms with Gasteiger partial charge in [0.05, 0.1) is 30.2 Å². The van der Waals surface area contributed by atoms with Gasteiger partial charge in [0.1, 0.15) is 18.1 Å². The van der Waals surface area contributed by atoms with Crippen molar-refractivity contribution in [3.63, 3.8) is 0 Å². The number of hydrogen-bond acceptors (Lipinski definition) is 6. The van der Waals surface area contributed by atoms with Crippen molar-refractivity contribution in [3.8, 4) is 0 Å². The molecule has 2 aliphatic rings. The monoisotopic (exact) mass is 370 g/mol. The van der Waals surface area contributed by atoms with Gasteiger partial charge in [-0.2, -0.15) is 0 Å². The number of furan rings is 1. The summed E-state index contributed by atoms with van der Waals surface area (Å²) in [4.78, 5) is 16.3. The molecule has 8 heteroatoms. The molecule has 1 aromatic heterocycles. The molecule has 2 aliphatic heterocycles. The van der Waals surface area contributed by atoms with Gasteiger partial charge in [-0.25, -0.2) is 8.42 Å². The molecule has 0 radical (unpaired) electrons. The van der Waals surface area contributed by atoms with Gasteiger partial charge in [0.15, 0.2) is 9.84 Å². The summed E-state index contributed by atoms with van der Waals surface area (Å²) in [5, 5.41) is 0. The molecule has 0 bridgehead atoms. The first-order valence-corrected chi connectivity index (χ1v) is 10.5. The summed E-state index contributed by atoms with van der Waals surface area (Å²) in [7, 11) is -3.15. The highest BCUT2D eigenvalue weighted by Crippen LogP contribution is 2.28. The molecule has 0 unspecified atom stereocenters. The second-order valence-corrected chi connectivity index (χ2v) is 9.30. The summed E-state index contributed by atoms with van der Waals surface area (Å²) in [6.07, 6.45) is -0.0319. The minimum atomic E-state index is -3.15. The Bertz CT molecular complexity index is 727. The van der Waals surface area contributed by atoms with E-state index in [2.05, 4.69) is 4.90 Å². The van der Waals surface area contributed by atoms with Crippen LogP contribution in [0.15, 0.2) is 16.5 Å². The zero-order chi connectivity index (χ0) is 18.2. The van der Waals surface area contributed by atoms with E-state index in [1.807, 2.05) is 32.9 Å². The fourth-order valence-electron chi connectivity index (χ4n) is 3.62. The predicted octanol–water partition coefficient (Wildman–Crippen LogP) is 0.823. The molecule has 2 atom stereocenters. The number of sulfone groups is 1. The van der Waals surface area contributed by atoms with E-state index in [4.69, 9.17) is 9.15 Å². The smallest absolute Gasteiger partial charge is 0.248 e. The van der Waals surface area contributed by atoms with Crippen molar-refractivity contribution in [1.82, 2.24) is 9.80 Å². The third-order valence-electron chi connectivity index (χ3n) is 4.81. The molecule has 7 nitrogen and oxygen atoms in total. The molecule has 140 valence electrons. The molecule has 25 heavy (non-hydrogen) atoms. The number of carbonyl (C=O) groups excluding carboxylic acids is 1. The number of fused-ring (bicyclic) bond motifs is 1. The van der Waals surface area contributed by atoms with Crippen LogP contribution in [0.3, 0.4) is 0 Å². The number of rotatable bonds is 5. The lowest BCUT2D eigenvalue weighted by molar-refractivity contribution is -0.143. The van der Waals surface area contributed by atoms with Crippen LogP contribution in [0.25, 0.3) is 0 Å². The number of carbonyl (C=O) groups is 1. The fourth-order valence-corrected chi connectivity index (χ4v) is 5.63. The summed E-state index contributed by atoms with van der Waals surface area (Å²) in [5.41, 5.74) is 0. The zero-order valence-electron chi connectivity index (χ0n) is 15.0. The summed E-state index contributed by atoms with van der Waals surface area (Å²) < 4.78 is 35.5. The predicted molar refractivity (Wildman–Crippen MR) is 92.9 cm³/mol. The van der Waals surface area contributed by atoms with Crippen LogP contribution in [-0.4, -0.2) is 73.5 Å². The van der Waals surface area contributed by atoms with Crippen molar-refractivity contribution in [2.45, 2.75) is 45.5 Å². The molecule has 2 fully saturated rings. The molecule has 2 saturated heterocycles. The van der Waals surface area contributed by atoms with Crippen LogP contribution in [0.1, 0.15) is 25.4 Å². The van der Waals surface area contributed by atoms with E-state index in [-0.39, 0.29) is 42.2 Å². The maximum absolute atomic E-state index is 12.5. The van der Waals surface area contributed by atoms with E-state index in [1.54, 1.807) is 4.90 Å². The molecule has 0 saturated carbocycles. The number of hydrogen-bond donors (Lipinski definition) is 0. The summed E-state index contributed by atoms with van der Waals surface area (Å²) in [5.74, 6) is 1.65.